The Morgan fingerprint density at radius 2 is 1.75 bits per heavy atom. The summed E-state index contributed by atoms with van der Waals surface area (Å²) in [6, 6.07) is 0. The Bertz CT molecular complexity index is 38.0. The van der Waals surface area contributed by atoms with Crippen molar-refractivity contribution in [2.45, 2.75) is 0 Å². The molecule has 46 valence electrons. The summed E-state index contributed by atoms with van der Waals surface area (Å²) in [5, 5.41) is 3.16. The van der Waals surface area contributed by atoms with Crippen LogP contribution in [-0.4, -0.2) is 48.3 Å². The standard InChI is InChI=1S/C4H9NO2.Sn/c6-3-1-5-2-4-7;/h5H,1-4H2;/q-2;+2. The fourth-order valence-electron chi connectivity index (χ4n) is 0.496. The van der Waals surface area contributed by atoms with Crippen LogP contribution in [0.5, 0.6) is 0 Å². The van der Waals surface area contributed by atoms with E-state index in [1.165, 1.54) is 0 Å². The van der Waals surface area contributed by atoms with Gasteiger partial charge in [0.05, 0.1) is 0 Å². The SMILES string of the molecule is C1C[O][Sn][O]CCN1. The van der Waals surface area contributed by atoms with Crippen LogP contribution in [0, 0.1) is 0 Å². The maximum absolute atomic E-state index is 5.16. The second kappa shape index (κ2) is 4.55. The van der Waals surface area contributed by atoms with Crippen LogP contribution in [-0.2, 0) is 6.15 Å². The van der Waals surface area contributed by atoms with E-state index in [9.17, 15) is 0 Å². The van der Waals surface area contributed by atoms with Gasteiger partial charge in [0.2, 0.25) is 0 Å². The van der Waals surface area contributed by atoms with Gasteiger partial charge < -0.3 is 0 Å². The van der Waals surface area contributed by atoms with Gasteiger partial charge in [0, 0.05) is 0 Å². The molecule has 0 unspecified atom stereocenters. The molecule has 1 heterocycles. The molecular formula is C4H9NO2Sn. The van der Waals surface area contributed by atoms with E-state index in [4.69, 9.17) is 6.15 Å². The molecule has 3 nitrogen and oxygen atoms in total. The van der Waals surface area contributed by atoms with Crippen molar-refractivity contribution < 1.29 is 6.15 Å². The zero-order valence-corrected chi connectivity index (χ0v) is 7.50. The van der Waals surface area contributed by atoms with Crippen LogP contribution in [0.25, 0.3) is 0 Å². The maximum atomic E-state index is 5.16. The second-order valence-corrected chi connectivity index (χ2v) is 3.65. The molecule has 0 aromatic heterocycles. The average Bonchev–Trinajstić information content (AvgIpc) is 1.62. The Morgan fingerprint density at radius 3 is 2.38 bits per heavy atom. The van der Waals surface area contributed by atoms with Crippen LogP contribution in [0.15, 0.2) is 0 Å². The molecule has 1 N–H and O–H groups in total. The second-order valence-electron chi connectivity index (χ2n) is 1.53. The van der Waals surface area contributed by atoms with Crippen LogP contribution < -0.4 is 5.32 Å². The van der Waals surface area contributed by atoms with Crippen molar-refractivity contribution in [2.24, 2.45) is 0 Å². The van der Waals surface area contributed by atoms with Crippen molar-refractivity contribution in [3.05, 3.63) is 0 Å². The van der Waals surface area contributed by atoms with Gasteiger partial charge >= 0.3 is 59.7 Å². The Labute approximate surface area is 60.0 Å². The Kier molecular flexibility index (Phi) is 3.86. The minimum atomic E-state index is -0.823. The molecule has 0 aliphatic carbocycles. The summed E-state index contributed by atoms with van der Waals surface area (Å²) in [5.74, 6) is 0. The third-order valence-electron chi connectivity index (χ3n) is 0.880. The first-order chi connectivity index (χ1) is 4.00. The van der Waals surface area contributed by atoms with Gasteiger partial charge in [-0.1, -0.05) is 0 Å². The van der Waals surface area contributed by atoms with Crippen molar-refractivity contribution in [3.63, 3.8) is 0 Å². The van der Waals surface area contributed by atoms with E-state index in [-0.39, 0.29) is 0 Å². The molecule has 0 bridgehead atoms. The normalized spacial score (nSPS) is 24.0. The van der Waals surface area contributed by atoms with Gasteiger partial charge in [0.25, 0.3) is 0 Å². The molecule has 0 spiro atoms. The fraction of sp³-hybridized carbons (Fsp3) is 1.00. The van der Waals surface area contributed by atoms with Crippen LogP contribution in [0.1, 0.15) is 0 Å². The average molecular weight is 222 g/mol. The van der Waals surface area contributed by atoms with Crippen molar-refractivity contribution in [3.8, 4) is 0 Å². The summed E-state index contributed by atoms with van der Waals surface area (Å²) in [7, 11) is 0. The third-order valence-corrected chi connectivity index (χ3v) is 2.72. The van der Waals surface area contributed by atoms with E-state index in [1.54, 1.807) is 0 Å². The summed E-state index contributed by atoms with van der Waals surface area (Å²) in [6.45, 7) is 3.66. The monoisotopic (exact) mass is 223 g/mol. The molecule has 2 radical (unpaired) electrons. The summed E-state index contributed by atoms with van der Waals surface area (Å²) < 4.78 is 10.3. The topological polar surface area (TPSA) is 30.5 Å². The van der Waals surface area contributed by atoms with Gasteiger partial charge in [-0.15, -0.1) is 0 Å². The van der Waals surface area contributed by atoms with Crippen molar-refractivity contribution in [1.82, 2.24) is 5.32 Å². The molecule has 1 fully saturated rings. The summed E-state index contributed by atoms with van der Waals surface area (Å²) >= 11 is -0.823. The number of rotatable bonds is 0. The van der Waals surface area contributed by atoms with Gasteiger partial charge in [0.1, 0.15) is 0 Å². The molecule has 8 heavy (non-hydrogen) atoms. The number of hydrogen-bond donors (Lipinski definition) is 1. The first kappa shape index (κ1) is 6.79. The zero-order chi connectivity index (χ0) is 5.66. The number of nitrogens with one attached hydrogen (secondary N) is 1. The zero-order valence-electron chi connectivity index (χ0n) is 4.64. The predicted molar refractivity (Wildman–Crippen MR) is 30.5 cm³/mol. The molecular weight excluding hydrogens is 213 g/mol. The Balaban J connectivity index is 2.00. The van der Waals surface area contributed by atoms with Crippen molar-refractivity contribution >= 4 is 22.0 Å². The minimum absolute atomic E-state index is 0.823. The molecule has 1 rings (SSSR count). The molecule has 0 atom stereocenters. The van der Waals surface area contributed by atoms with Crippen molar-refractivity contribution in [1.29, 1.82) is 0 Å². The molecule has 1 aliphatic rings. The van der Waals surface area contributed by atoms with E-state index in [1.807, 2.05) is 0 Å². The summed E-state index contributed by atoms with van der Waals surface area (Å²) in [6.07, 6.45) is 0. The van der Waals surface area contributed by atoms with Gasteiger partial charge in [0.15, 0.2) is 0 Å². The molecule has 1 saturated heterocycles. The van der Waals surface area contributed by atoms with Crippen LogP contribution in [0.2, 0.25) is 0 Å². The summed E-state index contributed by atoms with van der Waals surface area (Å²) in [4.78, 5) is 0. The van der Waals surface area contributed by atoms with Gasteiger partial charge in [-0.3, -0.25) is 0 Å². The Morgan fingerprint density at radius 1 is 1.12 bits per heavy atom. The molecule has 4 heteroatoms. The van der Waals surface area contributed by atoms with Gasteiger partial charge in [-0.05, 0) is 0 Å². The van der Waals surface area contributed by atoms with Crippen LogP contribution in [0.4, 0.5) is 0 Å². The van der Waals surface area contributed by atoms with E-state index in [2.05, 4.69) is 5.32 Å². The Hall–Kier alpha value is 0.679. The molecule has 0 aromatic carbocycles. The fourth-order valence-corrected chi connectivity index (χ4v) is 1.79. The predicted octanol–water partition coefficient (Wildman–Crippen LogP) is -0.843. The molecule has 0 saturated carbocycles. The van der Waals surface area contributed by atoms with Gasteiger partial charge in [-0.2, -0.15) is 0 Å². The van der Waals surface area contributed by atoms with E-state index < -0.39 is 22.0 Å². The van der Waals surface area contributed by atoms with E-state index in [0.29, 0.717) is 0 Å². The quantitative estimate of drug-likeness (QED) is 0.542. The van der Waals surface area contributed by atoms with Crippen molar-refractivity contribution in [2.75, 3.05) is 26.3 Å². The van der Waals surface area contributed by atoms with Crippen LogP contribution in [0.3, 0.4) is 0 Å². The third kappa shape index (κ3) is 2.86. The molecule has 1 aliphatic heterocycles. The van der Waals surface area contributed by atoms with E-state index in [0.717, 1.165) is 26.3 Å². The molecule has 0 amide bonds. The first-order valence-electron chi connectivity index (χ1n) is 2.69. The van der Waals surface area contributed by atoms with E-state index >= 15 is 0 Å². The van der Waals surface area contributed by atoms with Crippen LogP contribution >= 0.6 is 0 Å². The first-order valence-corrected chi connectivity index (χ1v) is 5.02. The molecule has 0 aromatic rings. The van der Waals surface area contributed by atoms with Gasteiger partial charge in [-0.25, -0.2) is 0 Å². The number of hydrogen-bond acceptors (Lipinski definition) is 3. The summed E-state index contributed by atoms with van der Waals surface area (Å²) in [5.41, 5.74) is 0.